The first-order chi connectivity index (χ1) is 24.6. The molecule has 0 aromatic carbocycles. The molecule has 0 aliphatic heterocycles. The first kappa shape index (κ1) is 47.5. The van der Waals surface area contributed by atoms with Gasteiger partial charge >= 0.3 is 11.9 Å². The fourth-order valence-electron chi connectivity index (χ4n) is 4.86. The highest BCUT2D eigenvalue weighted by molar-refractivity contribution is 5.70. The molecule has 0 aliphatic rings. The SMILES string of the molecule is CC/C=C/C/C=C/C/C=C/C/C=C/C/C=C/CCCCCCC(=O)OCC(COCCC(C(=O)[O-])[N+](C)(C)C)OC(=O)CC/C=C/C/C=C/CC. The summed E-state index contributed by atoms with van der Waals surface area (Å²) in [6.45, 7) is 4.26. The van der Waals surface area contributed by atoms with E-state index in [1.54, 1.807) is 21.1 Å². The lowest BCUT2D eigenvalue weighted by molar-refractivity contribution is -0.889. The van der Waals surface area contributed by atoms with Gasteiger partial charge in [-0.3, -0.25) is 9.59 Å². The van der Waals surface area contributed by atoms with Crippen LogP contribution in [0.15, 0.2) is 85.1 Å². The largest absolute Gasteiger partial charge is 0.544 e. The van der Waals surface area contributed by atoms with Crippen LogP contribution in [0.1, 0.15) is 117 Å². The van der Waals surface area contributed by atoms with Crippen molar-refractivity contribution in [3.8, 4) is 0 Å². The number of nitrogens with zero attached hydrogens (tertiary/aromatic N) is 1. The third-order valence-corrected chi connectivity index (χ3v) is 7.79. The number of hydrogen-bond donors (Lipinski definition) is 0. The zero-order valence-corrected chi connectivity index (χ0v) is 32.5. The van der Waals surface area contributed by atoms with Gasteiger partial charge in [-0.1, -0.05) is 112 Å². The topological polar surface area (TPSA) is 102 Å². The summed E-state index contributed by atoms with van der Waals surface area (Å²) in [6.07, 6.45) is 42.2. The molecule has 0 saturated heterocycles. The normalized spacial score (nSPS) is 14.0. The van der Waals surface area contributed by atoms with E-state index in [-0.39, 0.29) is 43.1 Å². The Morgan fingerprint density at radius 1 is 0.588 bits per heavy atom. The van der Waals surface area contributed by atoms with E-state index in [1.807, 2.05) is 12.2 Å². The molecule has 0 spiro atoms. The van der Waals surface area contributed by atoms with Gasteiger partial charge in [0.05, 0.1) is 40.3 Å². The Balaban J connectivity index is 4.38. The van der Waals surface area contributed by atoms with Crippen molar-refractivity contribution in [2.45, 2.75) is 129 Å². The minimum Gasteiger partial charge on any atom is -0.544 e. The van der Waals surface area contributed by atoms with Crippen LogP contribution in [0, 0.1) is 0 Å². The van der Waals surface area contributed by atoms with E-state index in [1.165, 1.54) is 0 Å². The Kier molecular flexibility index (Phi) is 31.3. The van der Waals surface area contributed by atoms with Crippen LogP contribution in [0.3, 0.4) is 0 Å². The first-order valence-electron chi connectivity index (χ1n) is 19.1. The second-order valence-electron chi connectivity index (χ2n) is 13.4. The highest BCUT2D eigenvalue weighted by Crippen LogP contribution is 2.10. The highest BCUT2D eigenvalue weighted by atomic mass is 16.6. The van der Waals surface area contributed by atoms with Crippen LogP contribution < -0.4 is 5.11 Å². The second kappa shape index (κ2) is 33.6. The van der Waals surface area contributed by atoms with E-state index in [2.05, 4.69) is 86.8 Å². The minimum atomic E-state index is -1.14. The van der Waals surface area contributed by atoms with Gasteiger partial charge in [-0.2, -0.15) is 0 Å². The predicted molar refractivity (Wildman–Crippen MR) is 208 cm³/mol. The van der Waals surface area contributed by atoms with Crippen molar-refractivity contribution < 1.29 is 38.2 Å². The molecule has 0 aromatic rings. The number of carboxylic acids is 1. The Hall–Kier alpha value is -3.49. The number of ether oxygens (including phenoxy) is 3. The Bertz CT molecular complexity index is 1110. The third-order valence-electron chi connectivity index (χ3n) is 7.79. The smallest absolute Gasteiger partial charge is 0.306 e. The summed E-state index contributed by atoms with van der Waals surface area (Å²) in [7, 11) is 5.35. The molecule has 8 heteroatoms. The van der Waals surface area contributed by atoms with Gasteiger partial charge in [-0.05, 0) is 70.6 Å². The molecule has 0 fully saturated rings. The van der Waals surface area contributed by atoms with Crippen molar-refractivity contribution in [2.24, 2.45) is 0 Å². The average molecular weight is 712 g/mol. The lowest BCUT2D eigenvalue weighted by Gasteiger charge is -2.34. The molecule has 51 heavy (non-hydrogen) atoms. The molecule has 0 N–H and O–H groups in total. The maximum absolute atomic E-state index is 12.5. The lowest BCUT2D eigenvalue weighted by atomic mass is 10.1. The molecule has 0 aromatic heterocycles. The third kappa shape index (κ3) is 32.2. The zero-order valence-electron chi connectivity index (χ0n) is 32.5. The van der Waals surface area contributed by atoms with E-state index in [0.717, 1.165) is 77.0 Å². The molecule has 0 heterocycles. The molecule has 2 atom stereocenters. The number of quaternary nitrogens is 1. The fraction of sp³-hybridized carbons (Fsp3) is 0.605. The van der Waals surface area contributed by atoms with Crippen LogP contribution in [0.4, 0.5) is 0 Å². The number of carbonyl (C=O) groups excluding carboxylic acids is 3. The molecule has 2 unspecified atom stereocenters. The van der Waals surface area contributed by atoms with Crippen LogP contribution in [0.2, 0.25) is 0 Å². The van der Waals surface area contributed by atoms with E-state index in [9.17, 15) is 19.5 Å². The van der Waals surface area contributed by atoms with E-state index in [4.69, 9.17) is 14.2 Å². The molecule has 288 valence electrons. The van der Waals surface area contributed by atoms with Gasteiger partial charge in [-0.15, -0.1) is 0 Å². The number of hydrogen-bond acceptors (Lipinski definition) is 7. The average Bonchev–Trinajstić information content (AvgIpc) is 3.08. The summed E-state index contributed by atoms with van der Waals surface area (Å²) < 4.78 is 16.9. The molecular weight excluding hydrogens is 642 g/mol. The maximum atomic E-state index is 12.5. The van der Waals surface area contributed by atoms with Crippen LogP contribution in [0.25, 0.3) is 0 Å². The molecule has 0 aliphatic carbocycles. The minimum absolute atomic E-state index is 0.00336. The van der Waals surface area contributed by atoms with Gasteiger partial charge in [0.25, 0.3) is 0 Å². The maximum Gasteiger partial charge on any atom is 0.306 e. The molecule has 0 rings (SSSR count). The van der Waals surface area contributed by atoms with Crippen LogP contribution in [0.5, 0.6) is 0 Å². The summed E-state index contributed by atoms with van der Waals surface area (Å²) >= 11 is 0. The fourth-order valence-corrected chi connectivity index (χ4v) is 4.86. The molecule has 8 nitrogen and oxygen atoms in total. The summed E-state index contributed by atoms with van der Waals surface area (Å²) in [5, 5.41) is 11.5. The second-order valence-corrected chi connectivity index (χ2v) is 13.4. The lowest BCUT2D eigenvalue weighted by Crippen LogP contribution is -2.55. The highest BCUT2D eigenvalue weighted by Gasteiger charge is 2.25. The zero-order chi connectivity index (χ0) is 37.8. The molecule has 0 amide bonds. The quantitative estimate of drug-likeness (QED) is 0.0299. The van der Waals surface area contributed by atoms with Crippen molar-refractivity contribution in [1.29, 1.82) is 0 Å². The van der Waals surface area contributed by atoms with Gasteiger partial charge in [-0.25, -0.2) is 0 Å². The Labute approximate surface area is 310 Å². The number of unbranched alkanes of at least 4 members (excludes halogenated alkanes) is 4. The van der Waals surface area contributed by atoms with Crippen molar-refractivity contribution in [3.05, 3.63) is 85.1 Å². The Morgan fingerprint density at radius 2 is 1.08 bits per heavy atom. The summed E-state index contributed by atoms with van der Waals surface area (Å²) in [5.74, 6) is -1.88. The Morgan fingerprint density at radius 3 is 1.59 bits per heavy atom. The van der Waals surface area contributed by atoms with Crippen molar-refractivity contribution >= 4 is 17.9 Å². The molecular formula is C43H69NO7. The van der Waals surface area contributed by atoms with E-state index >= 15 is 0 Å². The molecule has 0 saturated carbocycles. The van der Waals surface area contributed by atoms with Gasteiger partial charge in [0.2, 0.25) is 0 Å². The first-order valence-corrected chi connectivity index (χ1v) is 19.1. The molecule has 0 bridgehead atoms. The predicted octanol–water partition coefficient (Wildman–Crippen LogP) is 8.46. The van der Waals surface area contributed by atoms with Crippen LogP contribution >= 0.6 is 0 Å². The number of rotatable bonds is 32. The summed E-state index contributed by atoms with van der Waals surface area (Å²) in [5.41, 5.74) is 0. The number of carboxylic acid groups (broad SMARTS) is 1. The van der Waals surface area contributed by atoms with E-state index in [0.29, 0.717) is 12.8 Å². The number of esters is 2. The standard InChI is InChI=1S/C43H69NO7/c1-6-8-10-12-14-15-16-17-18-19-20-21-22-23-24-25-26-28-29-31-33-41(45)50-38-39(37-49-36-35-40(43(47)48)44(3,4)5)51-42(46)34-32-30-27-13-11-9-7-2/h8-11,14-15,17-18,20-21,23-24,27,30,39-40H,6-7,12-13,16,19,22,25-26,28-29,31-38H2,1-5H3/b10-8+,11-9+,15-14+,18-17+,21-20+,24-23+,30-27+. The summed E-state index contributed by atoms with van der Waals surface area (Å²) in [6, 6.07) is -0.741. The molecule has 0 radical (unpaired) electrons. The van der Waals surface area contributed by atoms with Crippen molar-refractivity contribution in [3.63, 3.8) is 0 Å². The van der Waals surface area contributed by atoms with Gasteiger partial charge in [0.1, 0.15) is 12.6 Å². The van der Waals surface area contributed by atoms with Crippen molar-refractivity contribution in [1.82, 2.24) is 0 Å². The number of carbonyl (C=O) groups is 3. The van der Waals surface area contributed by atoms with E-state index < -0.39 is 24.1 Å². The number of likely N-dealkylation sites (N-methyl/N-ethyl adjacent to an activating group) is 1. The summed E-state index contributed by atoms with van der Waals surface area (Å²) in [4.78, 5) is 36.5. The van der Waals surface area contributed by atoms with Crippen molar-refractivity contribution in [2.75, 3.05) is 41.0 Å². The monoisotopic (exact) mass is 712 g/mol. The van der Waals surface area contributed by atoms with Gasteiger partial charge < -0.3 is 28.6 Å². The van der Waals surface area contributed by atoms with Crippen LogP contribution in [-0.4, -0.2) is 75.5 Å². The van der Waals surface area contributed by atoms with Crippen LogP contribution in [-0.2, 0) is 28.6 Å². The number of aliphatic carboxylic acids is 1. The number of allylic oxidation sites excluding steroid dienone is 14. The van der Waals surface area contributed by atoms with Gasteiger partial charge in [0, 0.05) is 19.3 Å². The van der Waals surface area contributed by atoms with Gasteiger partial charge in [0.15, 0.2) is 6.10 Å².